The summed E-state index contributed by atoms with van der Waals surface area (Å²) in [5.74, 6) is 0. The summed E-state index contributed by atoms with van der Waals surface area (Å²) in [6.07, 6.45) is 1.49. The van der Waals surface area contributed by atoms with Crippen molar-refractivity contribution < 1.29 is 9.53 Å². The number of nitrogens with one attached hydrogen (secondary N) is 1. The molecule has 0 aliphatic rings. The second kappa shape index (κ2) is 7.22. The maximum Gasteiger partial charge on any atom is 0.411 e. The van der Waals surface area contributed by atoms with E-state index in [1.807, 2.05) is 30.5 Å². The summed E-state index contributed by atoms with van der Waals surface area (Å²) in [6.45, 7) is 0.239. The zero-order valence-electron chi connectivity index (χ0n) is 10.9. The van der Waals surface area contributed by atoms with Gasteiger partial charge in [0.05, 0.1) is 0 Å². The van der Waals surface area contributed by atoms with Crippen molar-refractivity contribution in [2.24, 2.45) is 0 Å². The molecule has 0 saturated carbocycles. The van der Waals surface area contributed by atoms with Gasteiger partial charge in [-0.25, -0.2) is 4.79 Å². The number of rotatable bonds is 4. The smallest absolute Gasteiger partial charge is 0.411 e. The first-order chi connectivity index (χ1) is 9.69. The predicted molar refractivity (Wildman–Crippen MR) is 83.5 cm³/mol. The van der Waals surface area contributed by atoms with E-state index < -0.39 is 6.09 Å². The maximum absolute atomic E-state index is 11.7. The molecule has 5 heteroatoms. The van der Waals surface area contributed by atoms with Crippen LogP contribution in [0.5, 0.6) is 0 Å². The Balaban J connectivity index is 1.92. The summed E-state index contributed by atoms with van der Waals surface area (Å²) >= 11 is 7.47. The van der Waals surface area contributed by atoms with Gasteiger partial charge in [-0.2, -0.15) is 0 Å². The highest BCUT2D eigenvalue weighted by Crippen LogP contribution is 2.21. The van der Waals surface area contributed by atoms with E-state index in [0.717, 1.165) is 10.5 Å². The van der Waals surface area contributed by atoms with Gasteiger partial charge in [-0.1, -0.05) is 35.9 Å². The molecule has 2 aromatic carbocycles. The number of hydrogen-bond donors (Lipinski definition) is 1. The van der Waals surface area contributed by atoms with Gasteiger partial charge in [0.1, 0.15) is 6.61 Å². The lowest BCUT2D eigenvalue weighted by Crippen LogP contribution is -2.13. The molecule has 20 heavy (non-hydrogen) atoms. The predicted octanol–water partition coefficient (Wildman–Crippen LogP) is 4.81. The standard InChI is InChI=1S/C15H14ClNO2S/c1-20-14-8-3-2-5-11(14)10-19-15(18)17-13-7-4-6-12(16)9-13/h2-9H,10H2,1H3,(H,17,18). The molecular weight excluding hydrogens is 294 g/mol. The van der Waals surface area contributed by atoms with Crippen LogP contribution < -0.4 is 5.32 Å². The van der Waals surface area contributed by atoms with Gasteiger partial charge in [-0.3, -0.25) is 5.32 Å². The molecule has 2 aromatic rings. The van der Waals surface area contributed by atoms with Crippen molar-refractivity contribution in [1.82, 2.24) is 0 Å². The van der Waals surface area contributed by atoms with E-state index in [-0.39, 0.29) is 6.61 Å². The topological polar surface area (TPSA) is 38.3 Å². The lowest BCUT2D eigenvalue weighted by atomic mass is 10.2. The van der Waals surface area contributed by atoms with Gasteiger partial charge >= 0.3 is 6.09 Å². The number of halogens is 1. The van der Waals surface area contributed by atoms with E-state index in [1.54, 1.807) is 36.0 Å². The van der Waals surface area contributed by atoms with Crippen LogP contribution >= 0.6 is 23.4 Å². The van der Waals surface area contributed by atoms with E-state index in [0.29, 0.717) is 10.7 Å². The molecule has 1 amide bonds. The molecule has 2 rings (SSSR count). The second-order valence-electron chi connectivity index (χ2n) is 4.02. The van der Waals surface area contributed by atoms with Crippen molar-refractivity contribution in [2.45, 2.75) is 11.5 Å². The third-order valence-corrected chi connectivity index (χ3v) is 3.70. The van der Waals surface area contributed by atoms with E-state index in [9.17, 15) is 4.79 Å². The Labute approximate surface area is 127 Å². The van der Waals surface area contributed by atoms with Gasteiger partial charge in [0.25, 0.3) is 0 Å². The summed E-state index contributed by atoms with van der Waals surface area (Å²) in [4.78, 5) is 12.8. The van der Waals surface area contributed by atoms with Crippen LogP contribution in [-0.4, -0.2) is 12.3 Å². The number of amides is 1. The van der Waals surface area contributed by atoms with Crippen molar-refractivity contribution in [1.29, 1.82) is 0 Å². The Morgan fingerprint density at radius 1 is 1.25 bits per heavy atom. The van der Waals surface area contributed by atoms with E-state index in [1.165, 1.54) is 0 Å². The Bertz CT molecular complexity index is 604. The number of ether oxygens (including phenoxy) is 1. The Hall–Kier alpha value is -1.65. The molecule has 0 unspecified atom stereocenters. The van der Waals surface area contributed by atoms with E-state index >= 15 is 0 Å². The molecule has 0 aromatic heterocycles. The molecule has 0 heterocycles. The third-order valence-electron chi connectivity index (χ3n) is 2.62. The average molecular weight is 308 g/mol. The molecule has 0 saturated heterocycles. The Kier molecular flexibility index (Phi) is 5.32. The van der Waals surface area contributed by atoms with Crippen molar-refractivity contribution in [3.05, 3.63) is 59.1 Å². The number of anilines is 1. The molecule has 104 valence electrons. The zero-order chi connectivity index (χ0) is 14.4. The summed E-state index contributed by atoms with van der Waals surface area (Å²) in [5.41, 5.74) is 1.60. The summed E-state index contributed by atoms with van der Waals surface area (Å²) in [5, 5.41) is 3.20. The molecule has 0 radical (unpaired) electrons. The third kappa shape index (κ3) is 4.18. The van der Waals surface area contributed by atoms with Gasteiger partial charge < -0.3 is 4.74 Å². The molecule has 0 atom stereocenters. The monoisotopic (exact) mass is 307 g/mol. The Morgan fingerprint density at radius 2 is 2.05 bits per heavy atom. The quantitative estimate of drug-likeness (QED) is 0.824. The van der Waals surface area contributed by atoms with Crippen LogP contribution in [0.4, 0.5) is 10.5 Å². The number of carbonyl (C=O) groups is 1. The van der Waals surface area contributed by atoms with Gasteiger partial charge in [-0.05, 0) is 30.5 Å². The first kappa shape index (κ1) is 14.8. The van der Waals surface area contributed by atoms with Crippen molar-refractivity contribution >= 4 is 35.1 Å². The van der Waals surface area contributed by atoms with Gasteiger partial charge in [0, 0.05) is 21.2 Å². The van der Waals surface area contributed by atoms with E-state index in [4.69, 9.17) is 16.3 Å². The lowest BCUT2D eigenvalue weighted by molar-refractivity contribution is 0.154. The molecule has 0 aliphatic heterocycles. The summed E-state index contributed by atoms with van der Waals surface area (Å²) < 4.78 is 5.21. The largest absolute Gasteiger partial charge is 0.444 e. The highest BCUT2D eigenvalue weighted by atomic mass is 35.5. The second-order valence-corrected chi connectivity index (χ2v) is 5.31. The maximum atomic E-state index is 11.7. The molecular formula is C15H14ClNO2S. The fourth-order valence-electron chi connectivity index (χ4n) is 1.69. The number of benzene rings is 2. The minimum atomic E-state index is -0.497. The van der Waals surface area contributed by atoms with Crippen LogP contribution in [0.15, 0.2) is 53.4 Å². The molecule has 1 N–H and O–H groups in total. The highest BCUT2D eigenvalue weighted by Gasteiger charge is 2.06. The molecule has 0 fully saturated rings. The molecule has 0 spiro atoms. The van der Waals surface area contributed by atoms with Gasteiger partial charge in [-0.15, -0.1) is 11.8 Å². The zero-order valence-corrected chi connectivity index (χ0v) is 12.5. The summed E-state index contributed by atoms with van der Waals surface area (Å²) in [7, 11) is 0. The fourth-order valence-corrected chi connectivity index (χ4v) is 2.48. The molecule has 3 nitrogen and oxygen atoms in total. The van der Waals surface area contributed by atoms with Crippen LogP contribution in [-0.2, 0) is 11.3 Å². The van der Waals surface area contributed by atoms with E-state index in [2.05, 4.69) is 5.32 Å². The van der Waals surface area contributed by atoms with Gasteiger partial charge in [0.15, 0.2) is 0 Å². The fraction of sp³-hybridized carbons (Fsp3) is 0.133. The minimum Gasteiger partial charge on any atom is -0.444 e. The SMILES string of the molecule is CSc1ccccc1COC(=O)Nc1cccc(Cl)c1. The van der Waals surface area contributed by atoms with Crippen LogP contribution in [0.3, 0.4) is 0 Å². The van der Waals surface area contributed by atoms with Crippen LogP contribution in [0.25, 0.3) is 0 Å². The minimum absolute atomic E-state index is 0.239. The van der Waals surface area contributed by atoms with Crippen LogP contribution in [0.2, 0.25) is 5.02 Å². The Morgan fingerprint density at radius 3 is 2.80 bits per heavy atom. The van der Waals surface area contributed by atoms with Crippen LogP contribution in [0.1, 0.15) is 5.56 Å². The normalized spacial score (nSPS) is 10.1. The number of thioether (sulfide) groups is 1. The first-order valence-corrected chi connectivity index (χ1v) is 7.60. The summed E-state index contributed by atoms with van der Waals surface area (Å²) in [6, 6.07) is 14.8. The van der Waals surface area contributed by atoms with Crippen molar-refractivity contribution in [3.8, 4) is 0 Å². The lowest BCUT2D eigenvalue weighted by Gasteiger charge is -2.09. The first-order valence-electron chi connectivity index (χ1n) is 6.00. The molecule has 0 aliphatic carbocycles. The number of carbonyl (C=O) groups excluding carboxylic acids is 1. The average Bonchev–Trinajstić information content (AvgIpc) is 2.45. The van der Waals surface area contributed by atoms with Crippen molar-refractivity contribution in [2.75, 3.05) is 11.6 Å². The van der Waals surface area contributed by atoms with Gasteiger partial charge in [0.2, 0.25) is 0 Å². The number of hydrogen-bond acceptors (Lipinski definition) is 3. The van der Waals surface area contributed by atoms with Crippen LogP contribution in [0, 0.1) is 0 Å². The highest BCUT2D eigenvalue weighted by molar-refractivity contribution is 7.98. The van der Waals surface area contributed by atoms with Crippen molar-refractivity contribution in [3.63, 3.8) is 0 Å². The molecule has 0 bridgehead atoms.